The molecule has 0 amide bonds. The van der Waals surface area contributed by atoms with E-state index in [0.717, 1.165) is 6.42 Å². The molecule has 0 bridgehead atoms. The maximum atomic E-state index is 6.25. The molecule has 2 aromatic rings. The van der Waals surface area contributed by atoms with Crippen molar-refractivity contribution in [2.75, 3.05) is 7.05 Å². The Labute approximate surface area is 147 Å². The number of aryl methyl sites for hydroxylation is 1. The summed E-state index contributed by atoms with van der Waals surface area (Å²) in [5, 5.41) is 6.10. The number of hydrogen-bond acceptors (Lipinski definition) is 2. The van der Waals surface area contributed by atoms with E-state index in [1.54, 1.807) is 0 Å². The Morgan fingerprint density at radius 3 is 2.25 bits per heavy atom. The monoisotopic (exact) mass is 324 g/mol. The van der Waals surface area contributed by atoms with E-state index in [9.17, 15) is 0 Å². The lowest BCUT2D eigenvalue weighted by Crippen LogP contribution is -2.17. The zero-order valence-electron chi connectivity index (χ0n) is 15.8. The second-order valence-electron chi connectivity index (χ2n) is 6.00. The average molecular weight is 325 g/mol. The third-order valence-corrected chi connectivity index (χ3v) is 4.43. The van der Waals surface area contributed by atoms with Crippen LogP contribution in [0.25, 0.3) is 16.8 Å². The van der Waals surface area contributed by atoms with Crippen LogP contribution in [-0.4, -0.2) is 7.05 Å². The minimum atomic E-state index is 0.0250. The van der Waals surface area contributed by atoms with E-state index in [4.69, 9.17) is 5.73 Å². The van der Waals surface area contributed by atoms with Crippen LogP contribution < -0.4 is 11.1 Å². The van der Waals surface area contributed by atoms with E-state index in [0.29, 0.717) is 6.04 Å². The number of rotatable bonds is 5. The van der Waals surface area contributed by atoms with Crippen LogP contribution in [0.15, 0.2) is 43.5 Å². The van der Waals surface area contributed by atoms with E-state index < -0.39 is 0 Å². The van der Waals surface area contributed by atoms with Crippen LogP contribution in [0.2, 0.25) is 0 Å². The van der Waals surface area contributed by atoms with Crippen LogP contribution in [0, 0.1) is 6.92 Å². The lowest BCUT2D eigenvalue weighted by Gasteiger charge is -2.22. The van der Waals surface area contributed by atoms with Crippen molar-refractivity contribution in [3.05, 3.63) is 65.8 Å². The lowest BCUT2D eigenvalue weighted by atomic mass is 9.87. The predicted octanol–water partition coefficient (Wildman–Crippen LogP) is 5.67. The van der Waals surface area contributed by atoms with Crippen molar-refractivity contribution in [2.24, 2.45) is 5.73 Å². The molecule has 0 saturated carbocycles. The van der Waals surface area contributed by atoms with Crippen LogP contribution in [0.1, 0.15) is 61.5 Å². The van der Waals surface area contributed by atoms with E-state index in [2.05, 4.69) is 82.6 Å². The largest absolute Gasteiger partial charge is 0.324 e. The first-order valence-corrected chi connectivity index (χ1v) is 8.66. The lowest BCUT2D eigenvalue weighted by molar-refractivity contribution is 0.580. The molecule has 2 atom stereocenters. The molecule has 2 rings (SSSR count). The fraction of sp³-hybridized carbons (Fsp3) is 0.364. The van der Waals surface area contributed by atoms with Crippen LogP contribution in [0.5, 0.6) is 0 Å². The molecule has 0 heterocycles. The zero-order chi connectivity index (χ0) is 18.3. The van der Waals surface area contributed by atoms with E-state index in [1.165, 1.54) is 33.0 Å². The molecule has 0 spiro atoms. The number of hydrogen-bond donors (Lipinski definition) is 2. The summed E-state index contributed by atoms with van der Waals surface area (Å²) >= 11 is 0. The Kier molecular flexibility index (Phi) is 7.90. The molecule has 130 valence electrons. The normalized spacial score (nSPS) is 13.6. The third kappa shape index (κ3) is 3.95. The molecule has 0 saturated heterocycles. The minimum absolute atomic E-state index is 0.0250. The maximum Gasteiger partial charge on any atom is 0.0321 e. The van der Waals surface area contributed by atoms with Gasteiger partial charge < -0.3 is 11.1 Å². The summed E-state index contributed by atoms with van der Waals surface area (Å²) in [7, 11) is 2.03. The van der Waals surface area contributed by atoms with E-state index >= 15 is 0 Å². The molecule has 0 aliphatic rings. The Hall–Kier alpha value is -1.90. The first kappa shape index (κ1) is 20.1. The van der Waals surface area contributed by atoms with Crippen molar-refractivity contribution in [2.45, 2.75) is 46.2 Å². The standard InChI is InChI=1S/C20H28N2.C2H4/c1-6-8-15-10-9-13(3)19-17(18(7-2)22-5)12-11-16(14(4)21)20(15)19;1-2/h6,8-12,14,18,22H,7,21H2,1-5H3;1-2H2/b8-6-;/t14-,18?;/m0./s1. The second-order valence-corrected chi connectivity index (χ2v) is 6.00. The fourth-order valence-electron chi connectivity index (χ4n) is 3.32. The molecule has 0 aliphatic carbocycles. The van der Waals surface area contributed by atoms with Gasteiger partial charge in [-0.05, 0) is 67.3 Å². The van der Waals surface area contributed by atoms with Gasteiger partial charge >= 0.3 is 0 Å². The van der Waals surface area contributed by atoms with E-state index in [-0.39, 0.29) is 6.04 Å². The van der Waals surface area contributed by atoms with Crippen molar-refractivity contribution < 1.29 is 0 Å². The molecule has 0 aromatic heterocycles. The number of allylic oxidation sites excluding steroid dienone is 1. The first-order chi connectivity index (χ1) is 11.5. The first-order valence-electron chi connectivity index (χ1n) is 8.66. The Bertz CT molecular complexity index is 695. The van der Waals surface area contributed by atoms with Gasteiger partial charge in [0.25, 0.3) is 0 Å². The quantitative estimate of drug-likeness (QED) is 0.695. The zero-order valence-corrected chi connectivity index (χ0v) is 15.8. The predicted molar refractivity (Wildman–Crippen MR) is 109 cm³/mol. The minimum Gasteiger partial charge on any atom is -0.324 e. The van der Waals surface area contributed by atoms with Crippen LogP contribution >= 0.6 is 0 Å². The molecular formula is C22H32N2. The van der Waals surface area contributed by atoms with Gasteiger partial charge in [0.1, 0.15) is 0 Å². The summed E-state index contributed by atoms with van der Waals surface area (Å²) in [5.41, 5.74) is 11.4. The molecule has 0 aliphatic heterocycles. The summed E-state index contributed by atoms with van der Waals surface area (Å²) in [4.78, 5) is 0. The Balaban J connectivity index is 0.00000139. The third-order valence-electron chi connectivity index (χ3n) is 4.43. The molecule has 24 heavy (non-hydrogen) atoms. The highest BCUT2D eigenvalue weighted by Crippen LogP contribution is 2.35. The Morgan fingerprint density at radius 1 is 1.12 bits per heavy atom. The van der Waals surface area contributed by atoms with Crippen LogP contribution in [0.3, 0.4) is 0 Å². The highest BCUT2D eigenvalue weighted by molar-refractivity contribution is 5.98. The van der Waals surface area contributed by atoms with Crippen molar-refractivity contribution >= 4 is 16.8 Å². The van der Waals surface area contributed by atoms with Gasteiger partial charge in [-0.1, -0.05) is 43.3 Å². The molecule has 1 unspecified atom stereocenters. The second kappa shape index (κ2) is 9.41. The topological polar surface area (TPSA) is 38.0 Å². The highest BCUT2D eigenvalue weighted by Gasteiger charge is 2.17. The van der Waals surface area contributed by atoms with E-state index in [1.807, 2.05) is 7.05 Å². The molecule has 0 fully saturated rings. The summed E-state index contributed by atoms with van der Waals surface area (Å²) in [5.74, 6) is 0. The fourth-order valence-corrected chi connectivity index (χ4v) is 3.32. The molecule has 3 N–H and O–H groups in total. The molecule has 2 aromatic carbocycles. The molecular weight excluding hydrogens is 292 g/mol. The van der Waals surface area contributed by atoms with Crippen molar-refractivity contribution in [3.8, 4) is 0 Å². The van der Waals surface area contributed by atoms with Gasteiger partial charge in [-0.3, -0.25) is 0 Å². The van der Waals surface area contributed by atoms with Crippen LogP contribution in [-0.2, 0) is 0 Å². The van der Waals surface area contributed by atoms with Crippen molar-refractivity contribution in [1.29, 1.82) is 0 Å². The van der Waals surface area contributed by atoms with Gasteiger partial charge in [0.15, 0.2) is 0 Å². The number of benzene rings is 2. The summed E-state index contributed by atoms with van der Waals surface area (Å²) in [6, 6.07) is 9.26. The average Bonchev–Trinajstić information content (AvgIpc) is 2.60. The summed E-state index contributed by atoms with van der Waals surface area (Å²) in [6.07, 6.45) is 5.34. The van der Waals surface area contributed by atoms with Gasteiger partial charge in [-0.25, -0.2) is 0 Å². The molecule has 0 radical (unpaired) electrons. The SMILES string of the molecule is C/C=C\c1ccc(C)c2c(C(CC)NC)ccc([C@H](C)N)c12.C=C. The molecule has 2 nitrogen and oxygen atoms in total. The molecule has 2 heteroatoms. The Morgan fingerprint density at radius 2 is 1.75 bits per heavy atom. The van der Waals surface area contributed by atoms with Gasteiger partial charge in [-0.15, -0.1) is 13.2 Å². The van der Waals surface area contributed by atoms with Crippen LogP contribution in [0.4, 0.5) is 0 Å². The smallest absolute Gasteiger partial charge is 0.0321 e. The highest BCUT2D eigenvalue weighted by atomic mass is 14.9. The van der Waals surface area contributed by atoms with Crippen molar-refractivity contribution in [1.82, 2.24) is 5.32 Å². The van der Waals surface area contributed by atoms with Gasteiger partial charge in [0.05, 0.1) is 0 Å². The number of nitrogens with two attached hydrogens (primary N) is 1. The van der Waals surface area contributed by atoms with Crippen molar-refractivity contribution in [3.63, 3.8) is 0 Å². The van der Waals surface area contributed by atoms with Gasteiger partial charge in [0.2, 0.25) is 0 Å². The summed E-state index contributed by atoms with van der Waals surface area (Å²) in [6.45, 7) is 14.5. The number of nitrogens with one attached hydrogen (secondary N) is 1. The van der Waals surface area contributed by atoms with Gasteiger partial charge in [-0.2, -0.15) is 0 Å². The maximum absolute atomic E-state index is 6.25. The summed E-state index contributed by atoms with van der Waals surface area (Å²) < 4.78 is 0. The number of fused-ring (bicyclic) bond motifs is 1. The van der Waals surface area contributed by atoms with Gasteiger partial charge in [0, 0.05) is 12.1 Å².